The molecule has 0 fully saturated rings. The van der Waals surface area contributed by atoms with E-state index in [4.69, 9.17) is 11.6 Å². The van der Waals surface area contributed by atoms with Gasteiger partial charge >= 0.3 is 0 Å². The molecule has 1 heterocycles. The molecular formula is C19H19ClN4O3S2. The normalized spacial score (nSPS) is 11.6. The van der Waals surface area contributed by atoms with Crippen LogP contribution in [0.3, 0.4) is 0 Å². The van der Waals surface area contributed by atoms with E-state index in [9.17, 15) is 13.2 Å². The third kappa shape index (κ3) is 4.64. The van der Waals surface area contributed by atoms with E-state index < -0.39 is 15.9 Å². The number of carbonyl (C=O) groups is 1. The van der Waals surface area contributed by atoms with Crippen molar-refractivity contribution in [2.75, 3.05) is 18.4 Å². The summed E-state index contributed by atoms with van der Waals surface area (Å²) in [6.45, 7) is 4.09. The standard InChI is InChI=1S/C19H19ClN4O3S2/c1-3-24(4-2)29(26,27)16-12-14(10-11-15(16)20)18(25)22-19-21-17(23-28-19)13-8-6-5-7-9-13/h5-12H,3-4H2,1-2H3,(H,21,22,23,25). The van der Waals surface area contributed by atoms with E-state index in [1.54, 1.807) is 13.8 Å². The van der Waals surface area contributed by atoms with Crippen LogP contribution in [-0.4, -0.2) is 41.1 Å². The molecule has 3 rings (SSSR count). The van der Waals surface area contributed by atoms with Crippen LogP contribution in [0.5, 0.6) is 0 Å². The van der Waals surface area contributed by atoms with Gasteiger partial charge in [0.1, 0.15) is 4.90 Å². The summed E-state index contributed by atoms with van der Waals surface area (Å²) < 4.78 is 31.1. The predicted molar refractivity (Wildman–Crippen MR) is 115 cm³/mol. The van der Waals surface area contributed by atoms with Crippen molar-refractivity contribution in [2.24, 2.45) is 0 Å². The Kier molecular flexibility index (Phi) is 6.63. The van der Waals surface area contributed by atoms with Crippen LogP contribution in [0.25, 0.3) is 11.4 Å². The van der Waals surface area contributed by atoms with E-state index in [2.05, 4.69) is 14.7 Å². The fourth-order valence-electron chi connectivity index (χ4n) is 2.69. The van der Waals surface area contributed by atoms with Gasteiger partial charge in [-0.25, -0.2) is 8.42 Å². The number of nitrogens with one attached hydrogen (secondary N) is 1. The van der Waals surface area contributed by atoms with Crippen molar-refractivity contribution in [1.82, 2.24) is 13.7 Å². The number of sulfonamides is 1. The topological polar surface area (TPSA) is 92.3 Å². The molecule has 0 aliphatic rings. The Labute approximate surface area is 178 Å². The van der Waals surface area contributed by atoms with Crippen LogP contribution in [0.2, 0.25) is 5.02 Å². The molecule has 1 amide bonds. The lowest BCUT2D eigenvalue weighted by Gasteiger charge is -2.19. The highest BCUT2D eigenvalue weighted by Gasteiger charge is 2.25. The molecule has 0 spiro atoms. The van der Waals surface area contributed by atoms with Crippen LogP contribution in [0.4, 0.5) is 5.13 Å². The molecule has 3 aromatic rings. The van der Waals surface area contributed by atoms with Gasteiger partial charge in [-0.3, -0.25) is 10.1 Å². The zero-order valence-corrected chi connectivity index (χ0v) is 18.2. The summed E-state index contributed by atoms with van der Waals surface area (Å²) >= 11 is 7.16. The van der Waals surface area contributed by atoms with Gasteiger partial charge in [0.15, 0.2) is 5.82 Å². The fourth-order valence-corrected chi connectivity index (χ4v) is 5.24. The van der Waals surface area contributed by atoms with E-state index in [0.717, 1.165) is 17.1 Å². The zero-order chi connectivity index (χ0) is 21.0. The number of aromatic nitrogens is 2. The first-order valence-electron chi connectivity index (χ1n) is 8.87. The lowest BCUT2D eigenvalue weighted by atomic mass is 10.2. The van der Waals surface area contributed by atoms with Crippen LogP contribution in [0.15, 0.2) is 53.4 Å². The van der Waals surface area contributed by atoms with Gasteiger partial charge in [0, 0.05) is 35.7 Å². The maximum atomic E-state index is 12.8. The van der Waals surface area contributed by atoms with Crippen molar-refractivity contribution in [3.05, 3.63) is 59.1 Å². The Morgan fingerprint density at radius 2 is 1.83 bits per heavy atom. The number of halogens is 1. The number of nitrogens with zero attached hydrogens (tertiary/aromatic N) is 3. The van der Waals surface area contributed by atoms with Crippen molar-refractivity contribution in [3.8, 4) is 11.4 Å². The summed E-state index contributed by atoms with van der Waals surface area (Å²) in [5.41, 5.74) is 1.000. The van der Waals surface area contributed by atoms with Gasteiger partial charge in [-0.15, -0.1) is 0 Å². The Morgan fingerprint density at radius 1 is 1.14 bits per heavy atom. The SMILES string of the molecule is CCN(CC)S(=O)(=O)c1cc(C(=O)Nc2nc(-c3ccccc3)ns2)ccc1Cl. The van der Waals surface area contributed by atoms with Crippen molar-refractivity contribution in [3.63, 3.8) is 0 Å². The maximum absolute atomic E-state index is 12.8. The Morgan fingerprint density at radius 3 is 2.48 bits per heavy atom. The molecule has 7 nitrogen and oxygen atoms in total. The maximum Gasteiger partial charge on any atom is 0.257 e. The van der Waals surface area contributed by atoms with Gasteiger partial charge in [0.25, 0.3) is 5.91 Å². The molecule has 0 atom stereocenters. The summed E-state index contributed by atoms with van der Waals surface area (Å²) in [6.07, 6.45) is 0. The van der Waals surface area contributed by atoms with Gasteiger partial charge in [0.05, 0.1) is 5.02 Å². The van der Waals surface area contributed by atoms with Crippen molar-refractivity contribution < 1.29 is 13.2 Å². The molecule has 1 N–H and O–H groups in total. The Balaban J connectivity index is 1.85. The molecule has 10 heteroatoms. The molecule has 2 aromatic carbocycles. The third-order valence-electron chi connectivity index (χ3n) is 4.20. The van der Waals surface area contributed by atoms with E-state index >= 15 is 0 Å². The van der Waals surface area contributed by atoms with Gasteiger partial charge in [-0.2, -0.15) is 13.7 Å². The summed E-state index contributed by atoms with van der Waals surface area (Å²) in [7, 11) is -3.80. The van der Waals surface area contributed by atoms with Crippen LogP contribution in [-0.2, 0) is 10.0 Å². The molecule has 1 aromatic heterocycles. The van der Waals surface area contributed by atoms with E-state index in [-0.39, 0.29) is 15.5 Å². The number of rotatable bonds is 7. The first kappa shape index (κ1) is 21.4. The largest absolute Gasteiger partial charge is 0.297 e. The van der Waals surface area contributed by atoms with Gasteiger partial charge < -0.3 is 0 Å². The predicted octanol–water partition coefficient (Wildman–Crippen LogP) is 4.14. The minimum atomic E-state index is -3.80. The highest BCUT2D eigenvalue weighted by Crippen LogP contribution is 2.27. The highest BCUT2D eigenvalue weighted by atomic mass is 35.5. The fraction of sp³-hybridized carbons (Fsp3) is 0.211. The first-order chi connectivity index (χ1) is 13.9. The molecule has 0 saturated heterocycles. The lowest BCUT2D eigenvalue weighted by Crippen LogP contribution is -2.31. The van der Waals surface area contributed by atoms with Gasteiger partial charge in [0.2, 0.25) is 15.2 Å². The summed E-state index contributed by atoms with van der Waals surface area (Å²) in [5, 5.41) is 3.04. The van der Waals surface area contributed by atoms with Crippen LogP contribution in [0.1, 0.15) is 24.2 Å². The summed E-state index contributed by atoms with van der Waals surface area (Å²) in [6, 6.07) is 13.5. The van der Waals surface area contributed by atoms with E-state index in [1.807, 2.05) is 30.3 Å². The second-order valence-electron chi connectivity index (χ2n) is 5.98. The molecule has 0 unspecified atom stereocenters. The molecule has 0 radical (unpaired) electrons. The molecule has 0 aliphatic carbocycles. The smallest absolute Gasteiger partial charge is 0.257 e. The molecule has 152 valence electrons. The third-order valence-corrected chi connectivity index (χ3v) is 7.36. The minimum absolute atomic E-state index is 0.0655. The molecule has 29 heavy (non-hydrogen) atoms. The molecule has 0 saturated carbocycles. The number of hydrogen-bond acceptors (Lipinski definition) is 6. The second-order valence-corrected chi connectivity index (χ2v) is 9.04. The number of carbonyl (C=O) groups excluding carboxylic acids is 1. The number of anilines is 1. The van der Waals surface area contributed by atoms with Crippen LogP contribution < -0.4 is 5.32 Å². The lowest BCUT2D eigenvalue weighted by molar-refractivity contribution is 0.102. The van der Waals surface area contributed by atoms with Crippen molar-refractivity contribution in [2.45, 2.75) is 18.7 Å². The van der Waals surface area contributed by atoms with Crippen LogP contribution >= 0.6 is 23.1 Å². The highest BCUT2D eigenvalue weighted by molar-refractivity contribution is 7.89. The van der Waals surface area contributed by atoms with Gasteiger partial charge in [-0.1, -0.05) is 55.8 Å². The quantitative estimate of drug-likeness (QED) is 0.584. The average Bonchev–Trinajstić information content (AvgIpc) is 3.18. The Bertz CT molecular complexity index is 1110. The van der Waals surface area contributed by atoms with E-state index in [0.29, 0.717) is 24.0 Å². The average molecular weight is 451 g/mol. The first-order valence-corrected chi connectivity index (χ1v) is 11.5. The van der Waals surface area contributed by atoms with Crippen molar-refractivity contribution >= 4 is 44.2 Å². The summed E-state index contributed by atoms with van der Waals surface area (Å²) in [5.74, 6) is 0.0141. The van der Waals surface area contributed by atoms with Crippen molar-refractivity contribution in [1.29, 1.82) is 0 Å². The minimum Gasteiger partial charge on any atom is -0.297 e. The van der Waals surface area contributed by atoms with E-state index in [1.165, 1.54) is 22.5 Å². The number of amides is 1. The summed E-state index contributed by atoms with van der Waals surface area (Å²) in [4.78, 5) is 16.8. The zero-order valence-electron chi connectivity index (χ0n) is 15.8. The van der Waals surface area contributed by atoms with Crippen LogP contribution in [0, 0.1) is 0 Å². The molecular weight excluding hydrogens is 432 g/mol. The molecule has 0 aliphatic heterocycles. The van der Waals surface area contributed by atoms with Gasteiger partial charge in [-0.05, 0) is 18.2 Å². The molecule has 0 bridgehead atoms. The monoisotopic (exact) mass is 450 g/mol. The number of benzene rings is 2. The number of hydrogen-bond donors (Lipinski definition) is 1. The Hall–Kier alpha value is -2.33. The second kappa shape index (κ2) is 9.00.